The van der Waals surface area contributed by atoms with E-state index in [0.717, 1.165) is 49.2 Å². The van der Waals surface area contributed by atoms with E-state index in [2.05, 4.69) is 20.5 Å². The SMILES string of the molecule is COC1C(N(C)C(=O)O)Cn2c3ccccc3c3c4c(c5c6ccccc6n(c5c32)C1(C)OC)CNC4=O. The van der Waals surface area contributed by atoms with E-state index in [-0.39, 0.29) is 5.91 Å². The maximum atomic E-state index is 13.4. The third kappa shape index (κ3) is 2.62. The molecular formula is C29H28N4O5. The van der Waals surface area contributed by atoms with Crippen LogP contribution in [0.3, 0.4) is 0 Å². The molecule has 0 aliphatic carbocycles. The van der Waals surface area contributed by atoms with Gasteiger partial charge in [-0.2, -0.15) is 0 Å². The Kier molecular flexibility index (Phi) is 4.69. The van der Waals surface area contributed by atoms with Crippen LogP contribution in [0.15, 0.2) is 48.5 Å². The number of methoxy groups -OCH3 is 2. The molecule has 5 aromatic rings. The van der Waals surface area contributed by atoms with Gasteiger partial charge in [-0.3, -0.25) is 4.79 Å². The second-order valence-corrected chi connectivity index (χ2v) is 10.3. The van der Waals surface area contributed by atoms with Crippen molar-refractivity contribution in [2.75, 3.05) is 21.3 Å². The van der Waals surface area contributed by atoms with Gasteiger partial charge in [0.05, 0.1) is 28.2 Å². The number of carboxylic acid groups (broad SMARTS) is 1. The molecule has 4 heterocycles. The van der Waals surface area contributed by atoms with E-state index in [9.17, 15) is 14.7 Å². The fraction of sp³-hybridized carbons (Fsp3) is 0.310. The van der Waals surface area contributed by atoms with Gasteiger partial charge < -0.3 is 33.9 Å². The van der Waals surface area contributed by atoms with E-state index >= 15 is 0 Å². The van der Waals surface area contributed by atoms with Crippen molar-refractivity contribution >= 4 is 55.6 Å². The number of nitrogens with one attached hydrogen (secondary N) is 1. The van der Waals surface area contributed by atoms with Crippen LogP contribution in [0.4, 0.5) is 4.79 Å². The first-order valence-electron chi connectivity index (χ1n) is 12.6. The molecule has 194 valence electrons. The minimum absolute atomic E-state index is 0.0906. The number of benzene rings is 3. The minimum atomic E-state index is -1.08. The molecule has 9 nitrogen and oxygen atoms in total. The molecule has 38 heavy (non-hydrogen) atoms. The number of likely N-dealkylation sites (N-methyl/N-ethyl adjacent to an activating group) is 1. The number of rotatable bonds is 3. The van der Waals surface area contributed by atoms with Crippen molar-refractivity contribution in [2.24, 2.45) is 0 Å². The van der Waals surface area contributed by atoms with Gasteiger partial charge in [-0.05, 0) is 24.6 Å². The van der Waals surface area contributed by atoms with Crippen LogP contribution < -0.4 is 5.32 Å². The van der Waals surface area contributed by atoms with Crippen molar-refractivity contribution in [2.45, 2.75) is 37.9 Å². The highest BCUT2D eigenvalue weighted by Crippen LogP contribution is 2.49. The quantitative estimate of drug-likeness (QED) is 0.372. The molecule has 0 saturated carbocycles. The molecule has 0 fully saturated rings. The molecule has 0 saturated heterocycles. The van der Waals surface area contributed by atoms with Gasteiger partial charge in [-0.1, -0.05) is 36.4 Å². The first kappa shape index (κ1) is 23.1. The van der Waals surface area contributed by atoms with Gasteiger partial charge in [-0.15, -0.1) is 0 Å². The van der Waals surface area contributed by atoms with Crippen molar-refractivity contribution in [1.29, 1.82) is 0 Å². The Bertz CT molecular complexity index is 1840. The van der Waals surface area contributed by atoms with Crippen molar-refractivity contribution in [1.82, 2.24) is 19.4 Å². The first-order valence-corrected chi connectivity index (χ1v) is 12.6. The highest BCUT2D eigenvalue weighted by Gasteiger charge is 2.48. The molecule has 3 atom stereocenters. The van der Waals surface area contributed by atoms with Crippen molar-refractivity contribution in [3.8, 4) is 0 Å². The largest absolute Gasteiger partial charge is 0.465 e. The Labute approximate surface area is 218 Å². The lowest BCUT2D eigenvalue weighted by Crippen LogP contribution is -2.58. The molecule has 2 aromatic heterocycles. The molecule has 0 bridgehead atoms. The second kappa shape index (κ2) is 7.72. The van der Waals surface area contributed by atoms with Gasteiger partial charge in [0.1, 0.15) is 6.10 Å². The third-order valence-corrected chi connectivity index (χ3v) is 8.73. The van der Waals surface area contributed by atoms with Crippen LogP contribution >= 0.6 is 0 Å². The Morgan fingerprint density at radius 2 is 1.71 bits per heavy atom. The lowest BCUT2D eigenvalue weighted by Gasteiger charge is -2.45. The molecule has 7 rings (SSSR count). The molecule has 2 amide bonds. The molecule has 0 radical (unpaired) electrons. The van der Waals surface area contributed by atoms with Gasteiger partial charge >= 0.3 is 6.09 Å². The van der Waals surface area contributed by atoms with Gasteiger partial charge in [0, 0.05) is 61.4 Å². The fourth-order valence-corrected chi connectivity index (χ4v) is 7.00. The predicted octanol–water partition coefficient (Wildman–Crippen LogP) is 4.47. The van der Waals surface area contributed by atoms with E-state index in [0.29, 0.717) is 18.7 Å². The summed E-state index contributed by atoms with van der Waals surface area (Å²) in [5.74, 6) is -0.0906. The van der Waals surface area contributed by atoms with Gasteiger partial charge in [0.2, 0.25) is 0 Å². The first-order chi connectivity index (χ1) is 18.3. The van der Waals surface area contributed by atoms with Crippen molar-refractivity contribution in [3.05, 3.63) is 59.7 Å². The van der Waals surface area contributed by atoms with Gasteiger partial charge in [0.15, 0.2) is 5.72 Å². The standard InChI is InChI=1S/C29H28N4O5/c1-29(38-4)26(37-3)20(31(2)28(35)36)14-32-18-11-7-5-9-15(18)22-23-17(13-30-27(23)34)21-16-10-6-8-12-19(16)33(29)25(21)24(22)32/h5-12,20,26H,13-14H2,1-4H3,(H,30,34)(H,35,36). The predicted molar refractivity (Wildman–Crippen MR) is 145 cm³/mol. The van der Waals surface area contributed by atoms with E-state index < -0.39 is 24.0 Å². The van der Waals surface area contributed by atoms with Gasteiger partial charge in [0.25, 0.3) is 5.91 Å². The highest BCUT2D eigenvalue weighted by molar-refractivity contribution is 6.30. The number of fused-ring (bicyclic) bond motifs is 9. The molecule has 0 spiro atoms. The maximum absolute atomic E-state index is 13.4. The number of hydrogen-bond acceptors (Lipinski definition) is 4. The average molecular weight is 513 g/mol. The van der Waals surface area contributed by atoms with Crippen LogP contribution in [-0.2, 0) is 28.3 Å². The molecule has 2 aliphatic heterocycles. The van der Waals surface area contributed by atoms with Crippen LogP contribution in [0, 0.1) is 0 Å². The zero-order valence-electron chi connectivity index (χ0n) is 21.6. The van der Waals surface area contributed by atoms with E-state index in [1.165, 1.54) is 4.90 Å². The van der Waals surface area contributed by atoms with Crippen LogP contribution in [0.1, 0.15) is 22.8 Å². The number of para-hydroxylation sites is 2. The summed E-state index contributed by atoms with van der Waals surface area (Å²) in [6.45, 7) is 2.72. The second-order valence-electron chi connectivity index (χ2n) is 10.3. The maximum Gasteiger partial charge on any atom is 0.407 e. The van der Waals surface area contributed by atoms with Crippen molar-refractivity contribution < 1.29 is 24.2 Å². The summed E-state index contributed by atoms with van der Waals surface area (Å²) < 4.78 is 16.8. The topological polar surface area (TPSA) is 98.0 Å². The van der Waals surface area contributed by atoms with E-state index in [4.69, 9.17) is 9.47 Å². The summed E-state index contributed by atoms with van der Waals surface area (Å²) in [5, 5.41) is 17.0. The Balaban J connectivity index is 1.81. The average Bonchev–Trinajstić information content (AvgIpc) is 3.57. The number of amides is 2. The molecule has 2 aliphatic rings. The Hall–Kier alpha value is -4.08. The summed E-state index contributed by atoms with van der Waals surface area (Å²) in [7, 11) is 4.81. The number of carbonyl (C=O) groups is 2. The molecular weight excluding hydrogens is 484 g/mol. The van der Waals surface area contributed by atoms with Crippen molar-refractivity contribution in [3.63, 3.8) is 0 Å². The summed E-state index contributed by atoms with van der Waals surface area (Å²) in [4.78, 5) is 27.0. The molecule has 3 aromatic carbocycles. The van der Waals surface area contributed by atoms with E-state index in [1.54, 1.807) is 21.3 Å². The highest BCUT2D eigenvalue weighted by atomic mass is 16.6. The number of aromatic nitrogens is 2. The number of hydrogen-bond donors (Lipinski definition) is 2. The third-order valence-electron chi connectivity index (χ3n) is 8.73. The molecule has 9 heteroatoms. The lowest BCUT2D eigenvalue weighted by molar-refractivity contribution is -0.176. The van der Waals surface area contributed by atoms with Crippen LogP contribution in [-0.4, -0.2) is 64.6 Å². The monoisotopic (exact) mass is 512 g/mol. The number of carbonyl (C=O) groups excluding carboxylic acids is 1. The van der Waals surface area contributed by atoms with Crippen LogP contribution in [0.5, 0.6) is 0 Å². The Morgan fingerprint density at radius 1 is 1.05 bits per heavy atom. The lowest BCUT2D eigenvalue weighted by atomic mass is 9.95. The number of nitrogens with zero attached hydrogens (tertiary/aromatic N) is 3. The zero-order valence-corrected chi connectivity index (χ0v) is 21.6. The fourth-order valence-electron chi connectivity index (χ4n) is 7.00. The summed E-state index contributed by atoms with van der Waals surface area (Å²) in [6, 6.07) is 15.5. The normalized spacial score (nSPS) is 22.8. The van der Waals surface area contributed by atoms with Crippen LogP contribution in [0.25, 0.3) is 43.6 Å². The summed E-state index contributed by atoms with van der Waals surface area (Å²) in [6.07, 6.45) is -1.72. The van der Waals surface area contributed by atoms with Crippen LogP contribution in [0.2, 0.25) is 0 Å². The number of ether oxygens (including phenoxy) is 2. The van der Waals surface area contributed by atoms with E-state index in [1.807, 2.05) is 49.4 Å². The summed E-state index contributed by atoms with van der Waals surface area (Å²) in [5.41, 5.74) is 4.31. The summed E-state index contributed by atoms with van der Waals surface area (Å²) >= 11 is 0. The smallest absolute Gasteiger partial charge is 0.407 e. The molecule has 2 N–H and O–H groups in total. The zero-order chi connectivity index (χ0) is 26.5. The van der Waals surface area contributed by atoms with Gasteiger partial charge in [-0.25, -0.2) is 4.79 Å². The molecule has 3 unspecified atom stereocenters. The minimum Gasteiger partial charge on any atom is -0.465 e. The Morgan fingerprint density at radius 3 is 2.37 bits per heavy atom.